The van der Waals surface area contributed by atoms with Gasteiger partial charge in [-0.3, -0.25) is 14.7 Å². The molecule has 1 atom stereocenters. The number of rotatable bonds is 6. The molecule has 1 aliphatic rings. The largest absolute Gasteiger partial charge is 0.339 e. The Bertz CT molecular complexity index is 1000. The number of piperidine rings is 1. The molecule has 0 spiro atoms. The predicted octanol–water partition coefficient (Wildman–Crippen LogP) is 4.11. The van der Waals surface area contributed by atoms with E-state index >= 15 is 0 Å². The number of hydrogen-bond donors (Lipinski definition) is 2. The number of nitrogens with one attached hydrogen (secondary N) is 2. The minimum atomic E-state index is -0.0110. The van der Waals surface area contributed by atoms with Crippen molar-refractivity contribution in [3.05, 3.63) is 59.0 Å². The molecule has 1 fully saturated rings. The zero-order valence-electron chi connectivity index (χ0n) is 17.3. The molecule has 0 unspecified atom stereocenters. The quantitative estimate of drug-likeness (QED) is 0.622. The third-order valence-electron chi connectivity index (χ3n) is 5.11. The number of aromatic nitrogens is 3. The summed E-state index contributed by atoms with van der Waals surface area (Å²) in [6.07, 6.45) is 5.78. The number of thiazole rings is 1. The van der Waals surface area contributed by atoms with Crippen LogP contribution in [0.5, 0.6) is 0 Å². The van der Waals surface area contributed by atoms with Crippen LogP contribution in [0.1, 0.15) is 35.0 Å². The summed E-state index contributed by atoms with van der Waals surface area (Å²) in [5.41, 5.74) is 2.96. The van der Waals surface area contributed by atoms with Gasteiger partial charge in [0.15, 0.2) is 5.13 Å². The number of pyridine rings is 2. The van der Waals surface area contributed by atoms with Gasteiger partial charge in [0.2, 0.25) is 5.91 Å². The maximum Gasteiger partial charge on any atom is 0.240 e. The molecule has 3 aromatic rings. The van der Waals surface area contributed by atoms with Crippen LogP contribution in [0, 0.1) is 13.8 Å². The number of carbonyl (C=O) groups is 1. The molecule has 3 aromatic heterocycles. The number of likely N-dealkylation sites (tertiary alicyclic amines) is 1. The molecule has 1 amide bonds. The van der Waals surface area contributed by atoms with Gasteiger partial charge in [0, 0.05) is 34.9 Å². The van der Waals surface area contributed by atoms with Crippen molar-refractivity contribution in [1.29, 1.82) is 0 Å². The molecule has 4 rings (SSSR count). The van der Waals surface area contributed by atoms with E-state index in [4.69, 9.17) is 0 Å². The number of hydrogen-bond acceptors (Lipinski definition) is 7. The highest BCUT2D eigenvalue weighted by molar-refractivity contribution is 7.15. The van der Waals surface area contributed by atoms with Gasteiger partial charge in [0.25, 0.3) is 0 Å². The highest BCUT2D eigenvalue weighted by Gasteiger charge is 2.24. The maximum atomic E-state index is 12.4. The number of aryl methyl sites for hydroxylation is 2. The summed E-state index contributed by atoms with van der Waals surface area (Å²) < 4.78 is 0. The number of amides is 1. The third-order valence-corrected chi connectivity index (χ3v) is 5.93. The Morgan fingerprint density at radius 3 is 2.83 bits per heavy atom. The lowest BCUT2D eigenvalue weighted by molar-refractivity contribution is -0.117. The summed E-state index contributed by atoms with van der Waals surface area (Å²) in [5.74, 6) is 1.14. The summed E-state index contributed by atoms with van der Waals surface area (Å²) in [7, 11) is 0. The normalized spacial score (nSPS) is 16.9. The Balaban J connectivity index is 1.33. The van der Waals surface area contributed by atoms with Gasteiger partial charge in [-0.25, -0.2) is 9.97 Å². The molecule has 0 aliphatic carbocycles. The van der Waals surface area contributed by atoms with E-state index in [0.717, 1.165) is 53.7 Å². The molecule has 8 heteroatoms. The van der Waals surface area contributed by atoms with E-state index in [1.54, 1.807) is 6.20 Å². The Kier molecular flexibility index (Phi) is 6.35. The topological polar surface area (TPSA) is 83.0 Å². The fourth-order valence-corrected chi connectivity index (χ4v) is 4.38. The smallest absolute Gasteiger partial charge is 0.240 e. The van der Waals surface area contributed by atoms with Crippen molar-refractivity contribution in [3.63, 3.8) is 0 Å². The molecule has 2 N–H and O–H groups in total. The van der Waals surface area contributed by atoms with Gasteiger partial charge in [0.05, 0.1) is 18.4 Å². The minimum Gasteiger partial charge on any atom is -0.339 e. The Labute approximate surface area is 180 Å². The minimum absolute atomic E-state index is 0.0110. The van der Waals surface area contributed by atoms with Crippen molar-refractivity contribution in [3.8, 4) is 0 Å². The standard InChI is InChI=1S/C22H26N6OS/c1-15-5-3-7-20(25-15)26-18-8-9-19(23-12-18)17-6-4-10-28(13-17)14-21(29)27-22-24-11-16(2)30-22/h3,5,7-9,11-12,17H,4,6,10,13-14H2,1-2H3,(H,25,26)(H,24,27,29)/t17-/m1/s1. The fourth-order valence-electron chi connectivity index (χ4n) is 3.70. The van der Waals surface area contributed by atoms with Crippen molar-refractivity contribution in [1.82, 2.24) is 19.9 Å². The molecule has 4 heterocycles. The molecule has 7 nitrogen and oxygen atoms in total. The van der Waals surface area contributed by atoms with Gasteiger partial charge < -0.3 is 10.6 Å². The van der Waals surface area contributed by atoms with Gasteiger partial charge in [-0.05, 0) is 57.5 Å². The van der Waals surface area contributed by atoms with Crippen LogP contribution in [0.2, 0.25) is 0 Å². The zero-order valence-corrected chi connectivity index (χ0v) is 18.1. The molecule has 0 bridgehead atoms. The van der Waals surface area contributed by atoms with Crippen LogP contribution in [-0.4, -0.2) is 45.4 Å². The highest BCUT2D eigenvalue weighted by atomic mass is 32.1. The van der Waals surface area contributed by atoms with E-state index in [1.807, 2.05) is 44.3 Å². The van der Waals surface area contributed by atoms with Crippen molar-refractivity contribution in [2.24, 2.45) is 0 Å². The van der Waals surface area contributed by atoms with Crippen LogP contribution in [0.15, 0.2) is 42.7 Å². The van der Waals surface area contributed by atoms with Gasteiger partial charge >= 0.3 is 0 Å². The van der Waals surface area contributed by atoms with Crippen LogP contribution in [0.25, 0.3) is 0 Å². The average Bonchev–Trinajstić information content (AvgIpc) is 3.13. The summed E-state index contributed by atoms with van der Waals surface area (Å²) in [5, 5.41) is 6.85. The molecular formula is C22H26N6OS. The van der Waals surface area contributed by atoms with Gasteiger partial charge in [-0.1, -0.05) is 6.07 Å². The van der Waals surface area contributed by atoms with Crippen LogP contribution in [0.3, 0.4) is 0 Å². The highest BCUT2D eigenvalue weighted by Crippen LogP contribution is 2.26. The second kappa shape index (κ2) is 9.32. The molecule has 0 aromatic carbocycles. The van der Waals surface area contributed by atoms with Crippen molar-refractivity contribution >= 4 is 33.9 Å². The first-order valence-corrected chi connectivity index (χ1v) is 11.0. The Morgan fingerprint density at radius 2 is 2.10 bits per heavy atom. The SMILES string of the molecule is Cc1cccc(Nc2ccc([C@@H]3CCCN(CC(=O)Nc4ncc(C)s4)C3)nc2)n1. The molecule has 156 valence electrons. The summed E-state index contributed by atoms with van der Waals surface area (Å²) in [6.45, 7) is 6.10. The van der Waals surface area contributed by atoms with Crippen LogP contribution < -0.4 is 10.6 Å². The molecule has 1 aliphatic heterocycles. The average molecular weight is 423 g/mol. The lowest BCUT2D eigenvalue weighted by atomic mass is 9.94. The summed E-state index contributed by atoms with van der Waals surface area (Å²) >= 11 is 1.50. The molecule has 0 saturated carbocycles. The van der Waals surface area contributed by atoms with Crippen molar-refractivity contribution in [2.45, 2.75) is 32.6 Å². The van der Waals surface area contributed by atoms with E-state index in [0.29, 0.717) is 17.6 Å². The van der Waals surface area contributed by atoms with Crippen LogP contribution in [-0.2, 0) is 4.79 Å². The first kappa shape index (κ1) is 20.4. The molecule has 30 heavy (non-hydrogen) atoms. The lowest BCUT2D eigenvalue weighted by Crippen LogP contribution is -2.39. The molecule has 0 radical (unpaired) electrons. The summed E-state index contributed by atoms with van der Waals surface area (Å²) in [4.78, 5) is 29.0. The first-order valence-electron chi connectivity index (χ1n) is 10.2. The van der Waals surface area contributed by atoms with Gasteiger partial charge in [-0.15, -0.1) is 11.3 Å². The number of anilines is 3. The fraction of sp³-hybridized carbons (Fsp3) is 0.364. The monoisotopic (exact) mass is 422 g/mol. The van der Waals surface area contributed by atoms with Crippen molar-refractivity contribution < 1.29 is 4.79 Å². The Morgan fingerprint density at radius 1 is 1.20 bits per heavy atom. The van der Waals surface area contributed by atoms with E-state index in [9.17, 15) is 4.79 Å². The zero-order chi connectivity index (χ0) is 20.9. The van der Waals surface area contributed by atoms with E-state index in [1.165, 1.54) is 11.3 Å². The number of carbonyl (C=O) groups excluding carboxylic acids is 1. The maximum absolute atomic E-state index is 12.4. The lowest BCUT2D eigenvalue weighted by Gasteiger charge is -2.31. The Hall–Kier alpha value is -2.84. The van der Waals surface area contributed by atoms with Gasteiger partial charge in [-0.2, -0.15) is 0 Å². The number of nitrogens with zero attached hydrogens (tertiary/aromatic N) is 4. The summed E-state index contributed by atoms with van der Waals surface area (Å²) in [6, 6.07) is 10.0. The third kappa shape index (κ3) is 5.40. The first-order chi connectivity index (χ1) is 14.5. The second-order valence-electron chi connectivity index (χ2n) is 7.66. The van der Waals surface area contributed by atoms with Crippen LogP contribution >= 0.6 is 11.3 Å². The second-order valence-corrected chi connectivity index (χ2v) is 8.89. The predicted molar refractivity (Wildman–Crippen MR) is 120 cm³/mol. The van der Waals surface area contributed by atoms with E-state index in [-0.39, 0.29) is 5.91 Å². The molecule has 1 saturated heterocycles. The van der Waals surface area contributed by atoms with Crippen molar-refractivity contribution in [2.75, 3.05) is 30.3 Å². The molecular weight excluding hydrogens is 396 g/mol. The van der Waals surface area contributed by atoms with Gasteiger partial charge in [0.1, 0.15) is 5.82 Å². The van der Waals surface area contributed by atoms with E-state index in [2.05, 4.69) is 36.6 Å². The van der Waals surface area contributed by atoms with Crippen LogP contribution in [0.4, 0.5) is 16.6 Å². The van der Waals surface area contributed by atoms with E-state index < -0.39 is 0 Å².